The smallest absolute Gasteiger partial charge is 0.307 e. The molecule has 1 aromatic heterocycles. The van der Waals surface area contributed by atoms with E-state index in [0.717, 1.165) is 11.1 Å². The molecule has 0 radical (unpaired) electrons. The van der Waals surface area contributed by atoms with E-state index in [1.165, 1.54) is 30.5 Å². The molecule has 0 fully saturated rings. The third-order valence-electron chi connectivity index (χ3n) is 3.56. The van der Waals surface area contributed by atoms with Crippen molar-refractivity contribution in [2.24, 2.45) is 5.10 Å². The zero-order valence-electron chi connectivity index (χ0n) is 13.9. The molecule has 1 heterocycles. The van der Waals surface area contributed by atoms with Gasteiger partial charge in [-0.1, -0.05) is 36.4 Å². The van der Waals surface area contributed by atoms with Gasteiger partial charge >= 0.3 is 5.91 Å². The van der Waals surface area contributed by atoms with Crippen molar-refractivity contribution in [2.75, 3.05) is 0 Å². The lowest BCUT2D eigenvalue weighted by Gasteiger charge is -1.96. The van der Waals surface area contributed by atoms with Gasteiger partial charge in [0.05, 0.1) is 11.1 Å². The molecule has 0 spiro atoms. The number of carbonyl (C=O) groups excluding carboxylic acids is 1. The van der Waals surface area contributed by atoms with Crippen LogP contribution in [0.3, 0.4) is 0 Å². The average Bonchev–Trinajstić information content (AvgIpc) is 3.05. The molecule has 1 amide bonds. The quantitative estimate of drug-likeness (QED) is 0.425. The highest BCUT2D eigenvalue weighted by molar-refractivity contribution is 5.97. The van der Waals surface area contributed by atoms with Gasteiger partial charge in [-0.3, -0.25) is 14.9 Å². The summed E-state index contributed by atoms with van der Waals surface area (Å²) < 4.78 is 5.39. The number of nitrogens with zero attached hydrogens (tertiary/aromatic N) is 2. The number of nitro benzene ring substituents is 1. The number of amides is 1. The highest BCUT2D eigenvalue weighted by Crippen LogP contribution is 2.24. The molecule has 0 saturated heterocycles. The fraction of sp³-hybridized carbons (Fsp3) is 0.0526. The summed E-state index contributed by atoms with van der Waals surface area (Å²) in [7, 11) is 0. The van der Waals surface area contributed by atoms with E-state index in [1.807, 2.05) is 43.3 Å². The van der Waals surface area contributed by atoms with Crippen LogP contribution in [0.2, 0.25) is 0 Å². The molecular weight excluding hydrogens is 334 g/mol. The van der Waals surface area contributed by atoms with Gasteiger partial charge in [0.15, 0.2) is 5.76 Å². The number of fused-ring (bicyclic) bond motifs is 1. The number of benzene rings is 2. The monoisotopic (exact) mass is 349 g/mol. The van der Waals surface area contributed by atoms with Crippen molar-refractivity contribution < 1.29 is 14.1 Å². The summed E-state index contributed by atoms with van der Waals surface area (Å²) in [6.07, 6.45) is 3.45. The molecule has 0 aliphatic carbocycles. The molecule has 130 valence electrons. The highest BCUT2D eigenvalue weighted by Gasteiger charge is 2.14. The van der Waals surface area contributed by atoms with Gasteiger partial charge in [-0.2, -0.15) is 5.10 Å². The normalized spacial score (nSPS) is 11.8. The van der Waals surface area contributed by atoms with Crippen LogP contribution in [-0.4, -0.2) is 17.0 Å². The van der Waals surface area contributed by atoms with Crippen LogP contribution in [0, 0.1) is 10.1 Å². The van der Waals surface area contributed by atoms with E-state index in [0.29, 0.717) is 11.0 Å². The molecule has 0 saturated carbocycles. The van der Waals surface area contributed by atoms with Crippen LogP contribution in [0.25, 0.3) is 17.0 Å². The third kappa shape index (κ3) is 4.02. The van der Waals surface area contributed by atoms with Crippen LogP contribution >= 0.6 is 0 Å². The van der Waals surface area contributed by atoms with Crippen LogP contribution in [-0.2, 0) is 0 Å². The Bertz CT molecular complexity index is 1020. The maximum absolute atomic E-state index is 12.1. The van der Waals surface area contributed by atoms with Crippen molar-refractivity contribution in [1.29, 1.82) is 0 Å². The third-order valence-corrected chi connectivity index (χ3v) is 3.56. The van der Waals surface area contributed by atoms with E-state index in [4.69, 9.17) is 4.42 Å². The lowest BCUT2D eigenvalue weighted by Crippen LogP contribution is -2.16. The second-order valence-corrected chi connectivity index (χ2v) is 5.59. The molecule has 2 aromatic carbocycles. The number of carbonyl (C=O) groups is 1. The Labute approximate surface area is 148 Å². The van der Waals surface area contributed by atoms with E-state index in [2.05, 4.69) is 10.5 Å². The molecule has 1 N–H and O–H groups in total. The van der Waals surface area contributed by atoms with Gasteiger partial charge < -0.3 is 4.42 Å². The van der Waals surface area contributed by atoms with Gasteiger partial charge in [0, 0.05) is 17.5 Å². The fourth-order valence-corrected chi connectivity index (χ4v) is 2.35. The molecule has 0 atom stereocenters. The van der Waals surface area contributed by atoms with E-state index < -0.39 is 10.8 Å². The van der Waals surface area contributed by atoms with E-state index >= 15 is 0 Å². The molecule has 0 aliphatic heterocycles. The Morgan fingerprint density at radius 2 is 1.96 bits per heavy atom. The van der Waals surface area contributed by atoms with Gasteiger partial charge in [0.2, 0.25) is 0 Å². The number of nitrogens with one attached hydrogen (secondary N) is 1. The van der Waals surface area contributed by atoms with Gasteiger partial charge in [0.1, 0.15) is 5.58 Å². The summed E-state index contributed by atoms with van der Waals surface area (Å²) in [6, 6.07) is 15.3. The predicted molar refractivity (Wildman–Crippen MR) is 98.9 cm³/mol. The van der Waals surface area contributed by atoms with Crippen LogP contribution in [0.15, 0.2) is 69.7 Å². The molecule has 0 aliphatic rings. The lowest BCUT2D eigenvalue weighted by atomic mass is 10.1. The first-order chi connectivity index (χ1) is 12.5. The van der Waals surface area contributed by atoms with Crippen molar-refractivity contribution in [2.45, 2.75) is 6.92 Å². The molecular formula is C19H15N3O4. The zero-order chi connectivity index (χ0) is 18.5. The first-order valence-corrected chi connectivity index (χ1v) is 7.78. The second-order valence-electron chi connectivity index (χ2n) is 5.59. The first-order valence-electron chi connectivity index (χ1n) is 7.78. The second kappa shape index (κ2) is 7.43. The fourth-order valence-electron chi connectivity index (χ4n) is 2.35. The topological polar surface area (TPSA) is 97.7 Å². The summed E-state index contributed by atoms with van der Waals surface area (Å²) in [5, 5.41) is 15.2. The first kappa shape index (κ1) is 17.1. The highest BCUT2D eigenvalue weighted by atomic mass is 16.6. The standard InChI is InChI=1S/C19H15N3O4/c1-13(9-14-5-3-2-4-6-14)12-20-21-19(23)18-11-15-10-16(22(24)25)7-8-17(15)26-18/h2-12H,1H3,(H,21,23)/b13-9+,20-12+. The van der Waals surface area contributed by atoms with E-state index in [9.17, 15) is 14.9 Å². The minimum Gasteiger partial charge on any atom is -0.451 e. The minimum absolute atomic E-state index is 0.0299. The van der Waals surface area contributed by atoms with Gasteiger partial charge in [-0.15, -0.1) is 0 Å². The van der Waals surface area contributed by atoms with Crippen molar-refractivity contribution >= 4 is 34.9 Å². The Balaban J connectivity index is 1.69. The van der Waals surface area contributed by atoms with Crippen LogP contribution < -0.4 is 5.43 Å². The number of nitro groups is 1. The zero-order valence-corrected chi connectivity index (χ0v) is 13.9. The van der Waals surface area contributed by atoms with Crippen molar-refractivity contribution in [3.63, 3.8) is 0 Å². The van der Waals surface area contributed by atoms with Crippen LogP contribution in [0.1, 0.15) is 23.0 Å². The molecule has 7 nitrogen and oxygen atoms in total. The van der Waals surface area contributed by atoms with Gasteiger partial charge in [-0.05, 0) is 30.2 Å². The average molecular weight is 349 g/mol. The predicted octanol–water partition coefficient (Wildman–Crippen LogP) is 4.16. The Hall–Kier alpha value is -3.74. The number of non-ortho nitro benzene ring substituents is 1. The van der Waals surface area contributed by atoms with E-state index in [1.54, 1.807) is 0 Å². The van der Waals surface area contributed by atoms with Gasteiger partial charge in [-0.25, -0.2) is 5.43 Å². The van der Waals surface area contributed by atoms with Crippen molar-refractivity contribution in [3.8, 4) is 0 Å². The summed E-state index contributed by atoms with van der Waals surface area (Å²) in [5.41, 5.74) is 4.59. The summed E-state index contributed by atoms with van der Waals surface area (Å²) in [4.78, 5) is 22.4. The summed E-state index contributed by atoms with van der Waals surface area (Å²) >= 11 is 0. The molecule has 7 heteroatoms. The number of hydrogen-bond donors (Lipinski definition) is 1. The molecule has 0 bridgehead atoms. The molecule has 0 unspecified atom stereocenters. The van der Waals surface area contributed by atoms with E-state index in [-0.39, 0.29) is 11.4 Å². The van der Waals surface area contributed by atoms with Crippen LogP contribution in [0.4, 0.5) is 5.69 Å². The number of hydrogen-bond acceptors (Lipinski definition) is 5. The Kier molecular flexibility index (Phi) is 4.89. The minimum atomic E-state index is -0.535. The summed E-state index contributed by atoms with van der Waals surface area (Å²) in [5.74, 6) is -0.505. The van der Waals surface area contributed by atoms with Crippen molar-refractivity contribution in [1.82, 2.24) is 5.43 Å². The molecule has 3 aromatic rings. The SMILES string of the molecule is CC(/C=N/NC(=O)c1cc2cc([N+](=O)[O-])ccc2o1)=C\c1ccccc1. The maximum Gasteiger partial charge on any atom is 0.307 e. The number of rotatable bonds is 5. The van der Waals surface area contributed by atoms with Crippen LogP contribution in [0.5, 0.6) is 0 Å². The number of allylic oxidation sites excluding steroid dienone is 1. The Morgan fingerprint density at radius 1 is 1.19 bits per heavy atom. The molecule has 26 heavy (non-hydrogen) atoms. The molecule has 3 rings (SSSR count). The lowest BCUT2D eigenvalue weighted by molar-refractivity contribution is -0.384. The number of hydrazone groups is 1. The van der Waals surface area contributed by atoms with Crippen molar-refractivity contribution in [3.05, 3.63) is 81.6 Å². The summed E-state index contributed by atoms with van der Waals surface area (Å²) in [6.45, 7) is 1.86. The maximum atomic E-state index is 12.1. The van der Waals surface area contributed by atoms with Gasteiger partial charge in [0.25, 0.3) is 5.69 Å². The number of furan rings is 1. The Morgan fingerprint density at radius 3 is 2.69 bits per heavy atom. The largest absolute Gasteiger partial charge is 0.451 e.